The first-order chi connectivity index (χ1) is 7.25. The third-order valence-corrected chi connectivity index (χ3v) is 3.04. The Kier molecular flexibility index (Phi) is 3.25. The largest absolute Gasteiger partial charge is 0.379 e. The number of benzene rings is 1. The maximum atomic E-state index is 4.15. The molecule has 78 valence electrons. The third kappa shape index (κ3) is 2.71. The number of aryl methyl sites for hydroxylation is 1. The summed E-state index contributed by atoms with van der Waals surface area (Å²) in [4.78, 5) is 7.34. The van der Waals surface area contributed by atoms with Crippen molar-refractivity contribution in [2.24, 2.45) is 0 Å². The Hall–Kier alpha value is -1.04. The molecule has 3 nitrogen and oxygen atoms in total. The molecule has 1 aromatic heterocycles. The second-order valence-corrected chi connectivity index (χ2v) is 4.49. The van der Waals surface area contributed by atoms with Crippen molar-refractivity contribution in [1.29, 1.82) is 0 Å². The number of para-hydroxylation sites is 1. The fourth-order valence-electron chi connectivity index (χ4n) is 1.36. The number of anilines is 1. The molecule has 1 heterocycles. The van der Waals surface area contributed by atoms with E-state index >= 15 is 0 Å². The summed E-state index contributed by atoms with van der Waals surface area (Å²) in [5, 5.41) is 3.36. The van der Waals surface area contributed by atoms with Crippen LogP contribution in [0.4, 0.5) is 5.69 Å². The lowest BCUT2D eigenvalue weighted by molar-refractivity contribution is 1.05. The van der Waals surface area contributed by atoms with Crippen LogP contribution in [-0.4, -0.2) is 9.97 Å². The molecule has 0 aliphatic heterocycles. The Morgan fingerprint density at radius 3 is 2.87 bits per heavy atom. The van der Waals surface area contributed by atoms with Gasteiger partial charge in [0.2, 0.25) is 0 Å². The fraction of sp³-hybridized carbons (Fsp3) is 0.182. The minimum atomic E-state index is 0.779. The van der Waals surface area contributed by atoms with Gasteiger partial charge in [-0.1, -0.05) is 12.1 Å². The summed E-state index contributed by atoms with van der Waals surface area (Å²) in [6.45, 7) is 2.73. The van der Waals surface area contributed by atoms with Gasteiger partial charge in [-0.2, -0.15) is 0 Å². The summed E-state index contributed by atoms with van der Waals surface area (Å²) in [5.74, 6) is 0.953. The van der Waals surface area contributed by atoms with Crippen molar-refractivity contribution < 1.29 is 0 Å². The molecule has 0 aliphatic carbocycles. The molecule has 0 saturated heterocycles. The van der Waals surface area contributed by atoms with Gasteiger partial charge in [0.25, 0.3) is 0 Å². The fourth-order valence-corrected chi connectivity index (χ4v) is 1.93. The highest BCUT2D eigenvalue weighted by atomic mass is 127. The summed E-state index contributed by atoms with van der Waals surface area (Å²) in [6.07, 6.45) is 1.86. The second kappa shape index (κ2) is 4.65. The Balaban J connectivity index is 2.02. The highest BCUT2D eigenvalue weighted by Gasteiger charge is 1.99. The molecule has 1 aromatic carbocycles. The molecule has 2 aromatic rings. The van der Waals surface area contributed by atoms with Crippen LogP contribution in [0.1, 0.15) is 11.5 Å². The van der Waals surface area contributed by atoms with Gasteiger partial charge in [0.05, 0.1) is 18.4 Å². The van der Waals surface area contributed by atoms with E-state index in [4.69, 9.17) is 0 Å². The van der Waals surface area contributed by atoms with E-state index in [1.165, 1.54) is 3.57 Å². The maximum absolute atomic E-state index is 4.15. The molecule has 0 bridgehead atoms. The molecule has 15 heavy (non-hydrogen) atoms. The molecule has 2 N–H and O–H groups in total. The van der Waals surface area contributed by atoms with Crippen LogP contribution in [-0.2, 0) is 6.54 Å². The molecule has 0 saturated carbocycles. The molecular weight excluding hydrogens is 301 g/mol. The summed E-state index contributed by atoms with van der Waals surface area (Å²) in [7, 11) is 0. The number of rotatable bonds is 3. The van der Waals surface area contributed by atoms with Crippen LogP contribution < -0.4 is 5.32 Å². The van der Waals surface area contributed by atoms with Gasteiger partial charge in [-0.05, 0) is 41.6 Å². The standard InChI is InChI=1S/C11H12IN3/c1-8-13-6-9(15-8)7-14-11-5-3-2-4-10(11)12/h2-6,14H,7H2,1H3,(H,13,15). The van der Waals surface area contributed by atoms with E-state index in [0.29, 0.717) is 0 Å². The van der Waals surface area contributed by atoms with Crippen molar-refractivity contribution in [3.8, 4) is 0 Å². The summed E-state index contributed by atoms with van der Waals surface area (Å²) in [6, 6.07) is 8.22. The van der Waals surface area contributed by atoms with Gasteiger partial charge < -0.3 is 10.3 Å². The number of aromatic amines is 1. The Labute approximate surface area is 102 Å². The van der Waals surface area contributed by atoms with E-state index in [9.17, 15) is 0 Å². The average Bonchev–Trinajstić information content (AvgIpc) is 2.63. The van der Waals surface area contributed by atoms with E-state index in [2.05, 4.69) is 50.0 Å². The predicted molar refractivity (Wildman–Crippen MR) is 69.8 cm³/mol. The zero-order chi connectivity index (χ0) is 10.7. The minimum absolute atomic E-state index is 0.779. The molecule has 0 atom stereocenters. The van der Waals surface area contributed by atoms with Crippen molar-refractivity contribution in [3.05, 3.63) is 45.6 Å². The number of halogens is 1. The minimum Gasteiger partial charge on any atom is -0.379 e. The van der Waals surface area contributed by atoms with Crippen molar-refractivity contribution in [2.75, 3.05) is 5.32 Å². The van der Waals surface area contributed by atoms with Crippen LogP contribution in [0.5, 0.6) is 0 Å². The normalized spacial score (nSPS) is 10.3. The molecule has 0 amide bonds. The van der Waals surface area contributed by atoms with Gasteiger partial charge in [-0.15, -0.1) is 0 Å². The number of imidazole rings is 1. The van der Waals surface area contributed by atoms with Gasteiger partial charge in [-0.25, -0.2) is 4.98 Å². The Morgan fingerprint density at radius 1 is 1.40 bits per heavy atom. The number of H-pyrrole nitrogens is 1. The summed E-state index contributed by atoms with van der Waals surface area (Å²) < 4.78 is 1.23. The highest BCUT2D eigenvalue weighted by Crippen LogP contribution is 2.17. The lowest BCUT2D eigenvalue weighted by Gasteiger charge is -2.06. The topological polar surface area (TPSA) is 40.7 Å². The van der Waals surface area contributed by atoms with Crippen molar-refractivity contribution in [3.63, 3.8) is 0 Å². The maximum Gasteiger partial charge on any atom is 0.103 e. The monoisotopic (exact) mass is 313 g/mol. The lowest BCUT2D eigenvalue weighted by Crippen LogP contribution is -2.01. The number of nitrogens with zero attached hydrogens (tertiary/aromatic N) is 1. The average molecular weight is 313 g/mol. The number of hydrogen-bond donors (Lipinski definition) is 2. The first-order valence-corrected chi connectivity index (χ1v) is 5.82. The number of hydrogen-bond acceptors (Lipinski definition) is 2. The van der Waals surface area contributed by atoms with Crippen LogP contribution in [0.3, 0.4) is 0 Å². The van der Waals surface area contributed by atoms with Crippen molar-refractivity contribution >= 4 is 28.3 Å². The molecule has 4 heteroatoms. The van der Waals surface area contributed by atoms with Gasteiger partial charge in [-0.3, -0.25) is 0 Å². The lowest BCUT2D eigenvalue weighted by atomic mass is 10.3. The van der Waals surface area contributed by atoms with Crippen LogP contribution >= 0.6 is 22.6 Å². The first-order valence-electron chi connectivity index (χ1n) is 4.74. The van der Waals surface area contributed by atoms with Gasteiger partial charge in [0, 0.05) is 9.26 Å². The van der Waals surface area contributed by atoms with E-state index in [-0.39, 0.29) is 0 Å². The Morgan fingerprint density at radius 2 is 2.20 bits per heavy atom. The number of nitrogens with one attached hydrogen (secondary N) is 2. The predicted octanol–water partition coefficient (Wildman–Crippen LogP) is 2.93. The van der Waals surface area contributed by atoms with Crippen LogP contribution in [0.2, 0.25) is 0 Å². The van der Waals surface area contributed by atoms with Crippen molar-refractivity contribution in [1.82, 2.24) is 9.97 Å². The highest BCUT2D eigenvalue weighted by molar-refractivity contribution is 14.1. The first kappa shape index (κ1) is 10.5. The van der Waals surface area contributed by atoms with E-state index in [0.717, 1.165) is 23.8 Å². The van der Waals surface area contributed by atoms with E-state index in [1.54, 1.807) is 0 Å². The van der Waals surface area contributed by atoms with Gasteiger partial charge >= 0.3 is 0 Å². The number of aromatic nitrogens is 2. The molecule has 2 rings (SSSR count). The molecule has 0 unspecified atom stereocenters. The van der Waals surface area contributed by atoms with Gasteiger partial charge in [0.15, 0.2) is 0 Å². The van der Waals surface area contributed by atoms with Gasteiger partial charge in [0.1, 0.15) is 5.82 Å². The van der Waals surface area contributed by atoms with E-state index < -0.39 is 0 Å². The van der Waals surface area contributed by atoms with Crippen molar-refractivity contribution in [2.45, 2.75) is 13.5 Å². The van der Waals surface area contributed by atoms with Crippen LogP contribution in [0.25, 0.3) is 0 Å². The SMILES string of the molecule is Cc1ncc(CNc2ccccc2I)[nH]1. The molecule has 0 fully saturated rings. The summed E-state index contributed by atoms with van der Waals surface area (Å²) in [5.41, 5.74) is 2.26. The van der Waals surface area contributed by atoms with E-state index in [1.807, 2.05) is 25.3 Å². The quantitative estimate of drug-likeness (QED) is 0.856. The smallest absolute Gasteiger partial charge is 0.103 e. The van der Waals surface area contributed by atoms with Crippen LogP contribution in [0, 0.1) is 10.5 Å². The third-order valence-electron chi connectivity index (χ3n) is 2.10. The molecule has 0 aliphatic rings. The summed E-state index contributed by atoms with van der Waals surface area (Å²) >= 11 is 2.32. The zero-order valence-corrected chi connectivity index (χ0v) is 10.6. The second-order valence-electron chi connectivity index (χ2n) is 3.33. The zero-order valence-electron chi connectivity index (χ0n) is 8.42. The molecule has 0 spiro atoms. The molecular formula is C11H12IN3. The van der Waals surface area contributed by atoms with Crippen LogP contribution in [0.15, 0.2) is 30.5 Å². The molecule has 0 radical (unpaired) electrons. The Bertz CT molecular complexity index is 451.